The van der Waals surface area contributed by atoms with Crippen LogP contribution in [0.3, 0.4) is 0 Å². The first-order chi connectivity index (χ1) is 7.50. The smallest absolute Gasteiger partial charge is 0.236 e. The first-order valence-electron chi connectivity index (χ1n) is 4.98. The van der Waals surface area contributed by atoms with E-state index in [1.807, 2.05) is 20.8 Å². The topological polar surface area (TPSA) is 74.6 Å². The molecule has 0 unspecified atom stereocenters. The van der Waals surface area contributed by atoms with Crippen molar-refractivity contribution in [1.82, 2.24) is 0 Å². The Morgan fingerprint density at radius 2 is 1.76 bits per heavy atom. The van der Waals surface area contributed by atoms with Crippen molar-refractivity contribution >= 4 is 19.7 Å². The first-order valence-corrected chi connectivity index (χ1v) is 7.46. The SMILES string of the molecule is CC(C)(C)c1cc(O)c(O)c(CS(=O)(=O)Cl)c1. The van der Waals surface area contributed by atoms with Crippen LogP contribution < -0.4 is 0 Å². The summed E-state index contributed by atoms with van der Waals surface area (Å²) in [6, 6.07) is 2.95. The molecule has 4 nitrogen and oxygen atoms in total. The molecule has 0 saturated carbocycles. The molecule has 0 bridgehead atoms. The van der Waals surface area contributed by atoms with Gasteiger partial charge in [0.15, 0.2) is 11.5 Å². The number of phenols is 2. The van der Waals surface area contributed by atoms with E-state index in [1.54, 1.807) is 0 Å². The molecule has 0 atom stereocenters. The van der Waals surface area contributed by atoms with Crippen LogP contribution in [0, 0.1) is 0 Å². The highest BCUT2D eigenvalue weighted by molar-refractivity contribution is 8.13. The fourth-order valence-corrected chi connectivity index (χ4v) is 2.35. The zero-order valence-corrected chi connectivity index (χ0v) is 11.4. The molecule has 0 fully saturated rings. The first kappa shape index (κ1) is 14.1. The van der Waals surface area contributed by atoms with Crippen LogP contribution in [0.2, 0.25) is 0 Å². The number of hydrogen-bond donors (Lipinski definition) is 2. The van der Waals surface area contributed by atoms with E-state index < -0.39 is 20.6 Å². The van der Waals surface area contributed by atoms with Crippen LogP contribution in [0.1, 0.15) is 31.9 Å². The maximum Gasteiger partial charge on any atom is 0.236 e. The van der Waals surface area contributed by atoms with Gasteiger partial charge in [-0.25, -0.2) is 8.42 Å². The summed E-state index contributed by atoms with van der Waals surface area (Å²) in [5, 5.41) is 19.1. The van der Waals surface area contributed by atoms with Gasteiger partial charge < -0.3 is 10.2 Å². The molecule has 0 aliphatic rings. The summed E-state index contributed by atoms with van der Waals surface area (Å²) in [6.45, 7) is 5.74. The van der Waals surface area contributed by atoms with Crippen molar-refractivity contribution in [3.05, 3.63) is 23.3 Å². The molecular weight excluding hydrogens is 264 g/mol. The largest absolute Gasteiger partial charge is 0.504 e. The van der Waals surface area contributed by atoms with Gasteiger partial charge in [0.2, 0.25) is 9.05 Å². The van der Waals surface area contributed by atoms with Gasteiger partial charge in [0.25, 0.3) is 0 Å². The Hall–Kier alpha value is -0.940. The second-order valence-corrected chi connectivity index (χ2v) is 7.71. The molecule has 6 heteroatoms. The van der Waals surface area contributed by atoms with Gasteiger partial charge in [-0.3, -0.25) is 0 Å². The third kappa shape index (κ3) is 3.78. The summed E-state index contributed by atoms with van der Waals surface area (Å²) in [7, 11) is 1.36. The zero-order chi connectivity index (χ0) is 13.4. The molecule has 17 heavy (non-hydrogen) atoms. The molecule has 1 aromatic rings. The van der Waals surface area contributed by atoms with E-state index >= 15 is 0 Å². The van der Waals surface area contributed by atoms with Crippen LogP contribution in [0.25, 0.3) is 0 Å². The standard InChI is InChI=1S/C11H15ClO4S/c1-11(2,3)8-4-7(6-17(12,15)16)10(14)9(13)5-8/h4-5,13-14H,6H2,1-3H3. The molecule has 96 valence electrons. The predicted octanol–water partition coefficient (Wildman–Crippen LogP) is 2.46. The van der Waals surface area contributed by atoms with Crippen molar-refractivity contribution < 1.29 is 18.6 Å². The van der Waals surface area contributed by atoms with Gasteiger partial charge in [0.05, 0.1) is 5.75 Å². The molecule has 0 saturated heterocycles. The lowest BCUT2D eigenvalue weighted by molar-refractivity contribution is 0.398. The van der Waals surface area contributed by atoms with Crippen LogP contribution in [0.5, 0.6) is 11.5 Å². The fraction of sp³-hybridized carbons (Fsp3) is 0.455. The van der Waals surface area contributed by atoms with Crippen molar-refractivity contribution in [2.24, 2.45) is 0 Å². The predicted molar refractivity (Wildman–Crippen MR) is 66.9 cm³/mol. The average Bonchev–Trinajstić information content (AvgIpc) is 2.08. The van der Waals surface area contributed by atoms with E-state index in [9.17, 15) is 18.6 Å². The van der Waals surface area contributed by atoms with E-state index in [0.29, 0.717) is 0 Å². The third-order valence-electron chi connectivity index (χ3n) is 2.36. The molecule has 2 N–H and O–H groups in total. The molecule has 1 rings (SSSR count). The van der Waals surface area contributed by atoms with Crippen LogP contribution >= 0.6 is 10.7 Å². The van der Waals surface area contributed by atoms with Crippen molar-refractivity contribution in [3.63, 3.8) is 0 Å². The summed E-state index contributed by atoms with van der Waals surface area (Å²) in [5.74, 6) is -1.30. The molecule has 0 spiro atoms. The van der Waals surface area contributed by atoms with E-state index in [-0.39, 0.29) is 16.7 Å². The van der Waals surface area contributed by atoms with E-state index in [0.717, 1.165) is 5.56 Å². The second kappa shape index (κ2) is 4.38. The van der Waals surface area contributed by atoms with Crippen molar-refractivity contribution in [2.45, 2.75) is 31.9 Å². The normalized spacial score (nSPS) is 12.7. The fourth-order valence-electron chi connectivity index (χ4n) is 1.41. The van der Waals surface area contributed by atoms with Gasteiger partial charge in [-0.2, -0.15) is 0 Å². The van der Waals surface area contributed by atoms with Crippen molar-refractivity contribution in [3.8, 4) is 11.5 Å². The Labute approximate surface area is 105 Å². The van der Waals surface area contributed by atoms with Gasteiger partial charge in [0, 0.05) is 16.2 Å². The lowest BCUT2D eigenvalue weighted by Crippen LogP contribution is -2.11. The minimum absolute atomic E-state index is 0.102. The highest BCUT2D eigenvalue weighted by Crippen LogP contribution is 2.36. The highest BCUT2D eigenvalue weighted by Gasteiger charge is 2.20. The van der Waals surface area contributed by atoms with Gasteiger partial charge in [-0.05, 0) is 17.0 Å². The molecule has 1 aromatic carbocycles. The molecule has 0 aliphatic carbocycles. The van der Waals surface area contributed by atoms with Crippen molar-refractivity contribution in [1.29, 1.82) is 0 Å². The van der Waals surface area contributed by atoms with Crippen LogP contribution in [0.4, 0.5) is 0 Å². The van der Waals surface area contributed by atoms with Gasteiger partial charge in [-0.15, -0.1) is 0 Å². The quantitative estimate of drug-likeness (QED) is 0.644. The third-order valence-corrected chi connectivity index (χ3v) is 3.35. The molecule has 0 amide bonds. The van der Waals surface area contributed by atoms with E-state index in [2.05, 4.69) is 0 Å². The summed E-state index contributed by atoms with van der Waals surface area (Å²) in [6.07, 6.45) is 0. The molecule has 0 aliphatic heterocycles. The van der Waals surface area contributed by atoms with Gasteiger partial charge >= 0.3 is 0 Å². The highest BCUT2D eigenvalue weighted by atomic mass is 35.7. The van der Waals surface area contributed by atoms with Crippen LogP contribution in [0.15, 0.2) is 12.1 Å². The van der Waals surface area contributed by atoms with Crippen molar-refractivity contribution in [2.75, 3.05) is 0 Å². The lowest BCUT2D eigenvalue weighted by atomic mass is 9.86. The maximum absolute atomic E-state index is 11.0. The second-order valence-electron chi connectivity index (χ2n) is 4.94. The molecule has 0 heterocycles. The number of phenolic OH excluding ortho intramolecular Hbond substituents is 2. The molecular formula is C11H15ClO4S. The van der Waals surface area contributed by atoms with Crippen LogP contribution in [-0.4, -0.2) is 18.6 Å². The Balaban J connectivity index is 3.36. The number of rotatable bonds is 2. The minimum atomic E-state index is -3.78. The zero-order valence-electron chi connectivity index (χ0n) is 9.86. The minimum Gasteiger partial charge on any atom is -0.504 e. The van der Waals surface area contributed by atoms with Gasteiger partial charge in [-0.1, -0.05) is 26.8 Å². The van der Waals surface area contributed by atoms with E-state index in [4.69, 9.17) is 10.7 Å². The number of benzene rings is 1. The maximum atomic E-state index is 11.0. The number of hydrogen-bond acceptors (Lipinski definition) is 4. The van der Waals surface area contributed by atoms with Crippen LogP contribution in [-0.2, 0) is 20.2 Å². The Kier molecular flexibility index (Phi) is 3.64. The summed E-state index contributed by atoms with van der Waals surface area (Å²) in [5.41, 5.74) is 0.559. The Morgan fingerprint density at radius 3 is 2.18 bits per heavy atom. The molecule has 0 aromatic heterocycles. The number of aromatic hydroxyl groups is 2. The monoisotopic (exact) mass is 278 g/mol. The van der Waals surface area contributed by atoms with E-state index in [1.165, 1.54) is 12.1 Å². The molecule has 0 radical (unpaired) electrons. The Bertz CT molecular complexity index is 529. The summed E-state index contributed by atoms with van der Waals surface area (Å²) >= 11 is 0. The summed E-state index contributed by atoms with van der Waals surface area (Å²) in [4.78, 5) is 0. The number of halogens is 1. The Morgan fingerprint density at radius 1 is 1.24 bits per heavy atom. The van der Waals surface area contributed by atoms with Gasteiger partial charge in [0.1, 0.15) is 0 Å². The average molecular weight is 279 g/mol. The lowest BCUT2D eigenvalue weighted by Gasteiger charge is -2.20. The summed E-state index contributed by atoms with van der Waals surface area (Å²) < 4.78 is 22.0.